The van der Waals surface area contributed by atoms with E-state index in [1.54, 1.807) is 0 Å². The van der Waals surface area contributed by atoms with Gasteiger partial charge in [0.25, 0.3) is 0 Å². The maximum Gasteiger partial charge on any atom is 0.159 e. The van der Waals surface area contributed by atoms with Crippen LogP contribution in [0.5, 0.6) is 0 Å². The molecule has 0 fully saturated rings. The number of aryl methyl sites for hydroxylation is 2. The normalized spacial score (nSPS) is 12.4. The Kier molecular flexibility index (Phi) is 3.72. The average Bonchev–Trinajstić information content (AvgIpc) is 2.27. The third-order valence-electron chi connectivity index (χ3n) is 2.71. The van der Waals surface area contributed by atoms with Gasteiger partial charge in [-0.25, -0.2) is 9.97 Å². The van der Waals surface area contributed by atoms with Gasteiger partial charge >= 0.3 is 0 Å². The highest BCUT2D eigenvalue weighted by atomic mass is 14.9. The van der Waals surface area contributed by atoms with E-state index in [-0.39, 0.29) is 6.04 Å². The van der Waals surface area contributed by atoms with Gasteiger partial charge in [-0.15, -0.1) is 0 Å². The highest BCUT2D eigenvalue weighted by molar-refractivity contribution is 5.56. The summed E-state index contributed by atoms with van der Waals surface area (Å²) >= 11 is 0. The zero-order chi connectivity index (χ0) is 13.1. The molecule has 0 aliphatic rings. The molecule has 3 nitrogen and oxygen atoms in total. The second kappa shape index (κ2) is 5.27. The first-order valence-corrected chi connectivity index (χ1v) is 6.22. The van der Waals surface area contributed by atoms with Crippen LogP contribution in [0.3, 0.4) is 0 Å². The van der Waals surface area contributed by atoms with Gasteiger partial charge in [-0.1, -0.05) is 23.8 Å². The third-order valence-corrected chi connectivity index (χ3v) is 2.71. The van der Waals surface area contributed by atoms with Crippen LogP contribution in [0.15, 0.2) is 30.3 Å². The zero-order valence-corrected chi connectivity index (χ0v) is 11.1. The molecule has 0 bridgehead atoms. The van der Waals surface area contributed by atoms with Gasteiger partial charge in [0, 0.05) is 29.4 Å². The van der Waals surface area contributed by atoms with Crippen molar-refractivity contribution in [3.63, 3.8) is 0 Å². The lowest BCUT2D eigenvalue weighted by Gasteiger charge is -2.08. The third kappa shape index (κ3) is 3.14. The molecule has 1 aromatic heterocycles. The van der Waals surface area contributed by atoms with E-state index in [0.717, 1.165) is 29.2 Å². The summed E-state index contributed by atoms with van der Waals surface area (Å²) < 4.78 is 0. The van der Waals surface area contributed by atoms with Crippen LogP contribution in [-0.2, 0) is 6.42 Å². The fourth-order valence-corrected chi connectivity index (χ4v) is 1.98. The lowest BCUT2D eigenvalue weighted by Crippen LogP contribution is -2.19. The highest BCUT2D eigenvalue weighted by Gasteiger charge is 2.06. The number of aromatic nitrogens is 2. The van der Waals surface area contributed by atoms with E-state index in [4.69, 9.17) is 5.73 Å². The summed E-state index contributed by atoms with van der Waals surface area (Å²) in [6, 6.07) is 10.4. The SMILES string of the molecule is Cc1cccc(-c2nc(C)cc(CC(C)N)n2)c1. The van der Waals surface area contributed by atoms with Gasteiger partial charge in [0.05, 0.1) is 0 Å². The summed E-state index contributed by atoms with van der Waals surface area (Å²) in [7, 11) is 0. The molecule has 1 aromatic carbocycles. The van der Waals surface area contributed by atoms with Crippen molar-refractivity contribution in [1.82, 2.24) is 9.97 Å². The molecule has 0 amide bonds. The van der Waals surface area contributed by atoms with Crippen LogP contribution in [0, 0.1) is 13.8 Å². The topological polar surface area (TPSA) is 51.8 Å². The lowest BCUT2D eigenvalue weighted by molar-refractivity contribution is 0.719. The van der Waals surface area contributed by atoms with E-state index in [9.17, 15) is 0 Å². The van der Waals surface area contributed by atoms with Crippen LogP contribution in [0.1, 0.15) is 23.9 Å². The van der Waals surface area contributed by atoms with E-state index < -0.39 is 0 Å². The molecule has 1 unspecified atom stereocenters. The number of nitrogens with two attached hydrogens (primary N) is 1. The van der Waals surface area contributed by atoms with Crippen LogP contribution < -0.4 is 5.73 Å². The first-order valence-electron chi connectivity index (χ1n) is 6.22. The Morgan fingerprint density at radius 3 is 2.61 bits per heavy atom. The predicted molar refractivity (Wildman–Crippen MR) is 74.3 cm³/mol. The van der Waals surface area contributed by atoms with Crippen LogP contribution in [0.4, 0.5) is 0 Å². The summed E-state index contributed by atoms with van der Waals surface area (Å²) in [6.45, 7) is 6.05. The molecule has 0 aliphatic carbocycles. The molecule has 1 heterocycles. The number of hydrogen-bond donors (Lipinski definition) is 1. The Labute approximate surface area is 108 Å². The second-order valence-electron chi connectivity index (χ2n) is 4.88. The molecule has 3 heteroatoms. The van der Waals surface area contributed by atoms with Crippen molar-refractivity contribution in [2.24, 2.45) is 5.73 Å². The molecule has 1 atom stereocenters. The Morgan fingerprint density at radius 1 is 1.17 bits per heavy atom. The van der Waals surface area contributed by atoms with Crippen molar-refractivity contribution >= 4 is 0 Å². The van der Waals surface area contributed by atoms with E-state index in [1.165, 1.54) is 5.56 Å². The van der Waals surface area contributed by atoms with E-state index in [1.807, 2.05) is 32.0 Å². The molecule has 2 N–H and O–H groups in total. The van der Waals surface area contributed by atoms with Crippen molar-refractivity contribution in [2.75, 3.05) is 0 Å². The summed E-state index contributed by atoms with van der Waals surface area (Å²) in [5.41, 5.74) is 10.1. The van der Waals surface area contributed by atoms with Crippen LogP contribution in [0.2, 0.25) is 0 Å². The minimum atomic E-state index is 0.115. The summed E-state index contributed by atoms with van der Waals surface area (Å²) in [4.78, 5) is 9.09. The number of benzene rings is 1. The van der Waals surface area contributed by atoms with Gasteiger partial charge in [-0.05, 0) is 32.9 Å². The second-order valence-corrected chi connectivity index (χ2v) is 4.88. The largest absolute Gasteiger partial charge is 0.328 e. The van der Waals surface area contributed by atoms with E-state index >= 15 is 0 Å². The number of hydrogen-bond acceptors (Lipinski definition) is 3. The molecule has 0 saturated carbocycles. The van der Waals surface area contributed by atoms with Gasteiger partial charge in [0.1, 0.15) is 0 Å². The van der Waals surface area contributed by atoms with Gasteiger partial charge in [-0.3, -0.25) is 0 Å². The van der Waals surface area contributed by atoms with Crippen molar-refractivity contribution in [3.8, 4) is 11.4 Å². The number of rotatable bonds is 3. The van der Waals surface area contributed by atoms with Crippen molar-refractivity contribution in [3.05, 3.63) is 47.3 Å². The standard InChI is InChI=1S/C15H19N3/c1-10-5-4-6-13(7-10)15-17-12(3)9-14(18-15)8-11(2)16/h4-7,9,11H,8,16H2,1-3H3. The first-order chi connectivity index (χ1) is 8.54. The summed E-state index contributed by atoms with van der Waals surface area (Å²) in [5, 5.41) is 0. The molecule has 0 radical (unpaired) electrons. The predicted octanol–water partition coefficient (Wildman–Crippen LogP) is 2.65. The zero-order valence-electron chi connectivity index (χ0n) is 11.1. The Hall–Kier alpha value is -1.74. The molecule has 18 heavy (non-hydrogen) atoms. The minimum absolute atomic E-state index is 0.115. The fraction of sp³-hybridized carbons (Fsp3) is 0.333. The van der Waals surface area contributed by atoms with Crippen molar-refractivity contribution in [2.45, 2.75) is 33.2 Å². The molecular weight excluding hydrogens is 222 g/mol. The van der Waals surface area contributed by atoms with Gasteiger partial charge in [0.2, 0.25) is 0 Å². The monoisotopic (exact) mass is 241 g/mol. The van der Waals surface area contributed by atoms with Crippen LogP contribution >= 0.6 is 0 Å². The smallest absolute Gasteiger partial charge is 0.159 e. The summed E-state index contributed by atoms with van der Waals surface area (Å²) in [6.07, 6.45) is 0.780. The van der Waals surface area contributed by atoms with E-state index in [0.29, 0.717) is 0 Å². The van der Waals surface area contributed by atoms with Gasteiger partial charge in [0.15, 0.2) is 5.82 Å². The minimum Gasteiger partial charge on any atom is -0.328 e. The van der Waals surface area contributed by atoms with Crippen molar-refractivity contribution < 1.29 is 0 Å². The molecule has 0 spiro atoms. The van der Waals surface area contributed by atoms with Crippen LogP contribution in [0.25, 0.3) is 11.4 Å². The molecule has 0 aliphatic heterocycles. The molecule has 2 aromatic rings. The van der Waals surface area contributed by atoms with Crippen LogP contribution in [-0.4, -0.2) is 16.0 Å². The maximum atomic E-state index is 5.83. The molecule has 2 rings (SSSR count). The highest BCUT2D eigenvalue weighted by Crippen LogP contribution is 2.17. The Bertz CT molecular complexity index is 547. The first kappa shape index (κ1) is 12.7. The van der Waals surface area contributed by atoms with Gasteiger partial charge in [-0.2, -0.15) is 0 Å². The maximum absolute atomic E-state index is 5.83. The van der Waals surface area contributed by atoms with Gasteiger partial charge < -0.3 is 5.73 Å². The number of nitrogens with zero attached hydrogens (tertiary/aromatic N) is 2. The molecule has 0 saturated heterocycles. The fourth-order valence-electron chi connectivity index (χ4n) is 1.98. The Morgan fingerprint density at radius 2 is 1.94 bits per heavy atom. The quantitative estimate of drug-likeness (QED) is 0.898. The Balaban J connectivity index is 2.41. The van der Waals surface area contributed by atoms with Crippen molar-refractivity contribution in [1.29, 1.82) is 0 Å². The molecular formula is C15H19N3. The average molecular weight is 241 g/mol. The lowest BCUT2D eigenvalue weighted by atomic mass is 10.1. The summed E-state index contributed by atoms with van der Waals surface area (Å²) in [5.74, 6) is 0.786. The van der Waals surface area contributed by atoms with E-state index in [2.05, 4.69) is 29.0 Å². The molecule has 94 valence electrons.